The quantitative estimate of drug-likeness (QED) is 0.420. The molecule has 0 saturated carbocycles. The fraction of sp³-hybridized carbons (Fsp3) is 0.478. The van der Waals surface area contributed by atoms with Crippen LogP contribution in [0.25, 0.3) is 0 Å². The molecule has 2 aromatic carbocycles. The summed E-state index contributed by atoms with van der Waals surface area (Å²) in [5.74, 6) is 1.89. The smallest absolute Gasteiger partial charge is 0.119 e. The first kappa shape index (κ1) is 20.2. The van der Waals surface area contributed by atoms with Gasteiger partial charge in [0.2, 0.25) is 0 Å². The minimum absolute atomic E-state index is 0.788. The molecule has 0 aromatic heterocycles. The molecule has 3 nitrogen and oxygen atoms in total. The maximum Gasteiger partial charge on any atom is 0.119 e. The first-order chi connectivity index (χ1) is 12.8. The summed E-state index contributed by atoms with van der Waals surface area (Å²) >= 11 is 0. The average Bonchev–Trinajstić information content (AvgIpc) is 2.68. The van der Waals surface area contributed by atoms with Crippen molar-refractivity contribution in [3.63, 3.8) is 0 Å². The number of unbranched alkanes of at least 4 members (excludes halogenated alkanes) is 4. The number of benzene rings is 2. The van der Waals surface area contributed by atoms with E-state index in [0.29, 0.717) is 0 Å². The van der Waals surface area contributed by atoms with E-state index >= 15 is 0 Å². The molecule has 142 valence electrons. The third kappa shape index (κ3) is 7.81. The standard InChI is InChI=1S/C23H33NO2/c1-3-5-7-8-18-26-22-13-9-20(10-14-22)19-24-21-11-15-23(16-12-21)25-17-6-4-2/h9-16,24H,3-8,17-19H2,1-2H3. The Labute approximate surface area is 158 Å². The lowest BCUT2D eigenvalue weighted by atomic mass is 10.2. The van der Waals surface area contributed by atoms with Crippen LogP contribution in [0.2, 0.25) is 0 Å². The van der Waals surface area contributed by atoms with Gasteiger partial charge < -0.3 is 14.8 Å². The van der Waals surface area contributed by atoms with Crippen LogP contribution < -0.4 is 14.8 Å². The molecule has 0 fully saturated rings. The SMILES string of the molecule is CCCCCCOc1ccc(CNc2ccc(OCCCC)cc2)cc1. The summed E-state index contributed by atoms with van der Waals surface area (Å²) < 4.78 is 11.5. The van der Waals surface area contributed by atoms with Gasteiger partial charge in [0.05, 0.1) is 13.2 Å². The van der Waals surface area contributed by atoms with Crippen LogP contribution in [-0.2, 0) is 6.54 Å². The Kier molecular flexibility index (Phi) is 9.48. The molecule has 0 atom stereocenters. The highest BCUT2D eigenvalue weighted by molar-refractivity contribution is 5.47. The lowest BCUT2D eigenvalue weighted by Crippen LogP contribution is -2.01. The molecule has 0 amide bonds. The van der Waals surface area contributed by atoms with Crippen LogP contribution in [0.3, 0.4) is 0 Å². The van der Waals surface area contributed by atoms with Gasteiger partial charge in [0.15, 0.2) is 0 Å². The molecule has 0 radical (unpaired) electrons. The van der Waals surface area contributed by atoms with Gasteiger partial charge in [0.1, 0.15) is 11.5 Å². The predicted octanol–water partition coefficient (Wildman–Crippen LogP) is 6.44. The Morgan fingerprint density at radius 2 is 1.23 bits per heavy atom. The van der Waals surface area contributed by atoms with Crippen molar-refractivity contribution in [1.82, 2.24) is 0 Å². The normalized spacial score (nSPS) is 10.5. The number of rotatable bonds is 13. The topological polar surface area (TPSA) is 30.5 Å². The minimum Gasteiger partial charge on any atom is -0.494 e. The molecule has 26 heavy (non-hydrogen) atoms. The van der Waals surface area contributed by atoms with E-state index in [1.807, 2.05) is 12.1 Å². The average molecular weight is 356 g/mol. The Balaban J connectivity index is 1.70. The lowest BCUT2D eigenvalue weighted by Gasteiger charge is -2.10. The molecule has 0 spiro atoms. The van der Waals surface area contributed by atoms with E-state index in [0.717, 1.165) is 56.2 Å². The zero-order valence-electron chi connectivity index (χ0n) is 16.3. The number of anilines is 1. The monoisotopic (exact) mass is 355 g/mol. The van der Waals surface area contributed by atoms with Gasteiger partial charge in [-0.25, -0.2) is 0 Å². The van der Waals surface area contributed by atoms with E-state index in [4.69, 9.17) is 9.47 Å². The van der Waals surface area contributed by atoms with E-state index in [1.54, 1.807) is 0 Å². The maximum absolute atomic E-state index is 5.79. The molecular formula is C23H33NO2. The van der Waals surface area contributed by atoms with Crippen LogP contribution in [0.5, 0.6) is 11.5 Å². The van der Waals surface area contributed by atoms with Gasteiger partial charge in [0, 0.05) is 12.2 Å². The molecule has 0 unspecified atom stereocenters. The van der Waals surface area contributed by atoms with Crippen LogP contribution >= 0.6 is 0 Å². The van der Waals surface area contributed by atoms with Crippen LogP contribution in [-0.4, -0.2) is 13.2 Å². The number of hydrogen-bond donors (Lipinski definition) is 1. The summed E-state index contributed by atoms with van der Waals surface area (Å²) in [6.45, 7) is 6.79. The first-order valence-electron chi connectivity index (χ1n) is 10.00. The van der Waals surface area contributed by atoms with E-state index < -0.39 is 0 Å². The highest BCUT2D eigenvalue weighted by Gasteiger charge is 1.98. The van der Waals surface area contributed by atoms with Gasteiger partial charge in [-0.1, -0.05) is 51.7 Å². The van der Waals surface area contributed by atoms with Gasteiger partial charge in [0.25, 0.3) is 0 Å². The van der Waals surface area contributed by atoms with Gasteiger partial charge in [-0.2, -0.15) is 0 Å². The Morgan fingerprint density at radius 3 is 1.85 bits per heavy atom. The van der Waals surface area contributed by atoms with Crippen molar-refractivity contribution in [3.8, 4) is 11.5 Å². The van der Waals surface area contributed by atoms with Crippen molar-refractivity contribution >= 4 is 5.69 Å². The Morgan fingerprint density at radius 1 is 0.654 bits per heavy atom. The van der Waals surface area contributed by atoms with Gasteiger partial charge in [-0.05, 0) is 54.8 Å². The second-order valence-corrected chi connectivity index (χ2v) is 6.63. The Bertz CT molecular complexity index is 593. The molecule has 0 heterocycles. The Hall–Kier alpha value is -2.16. The predicted molar refractivity (Wildman–Crippen MR) is 110 cm³/mol. The maximum atomic E-state index is 5.79. The van der Waals surface area contributed by atoms with Crippen LogP contribution in [0.4, 0.5) is 5.69 Å². The second-order valence-electron chi connectivity index (χ2n) is 6.63. The molecule has 1 N–H and O–H groups in total. The third-order valence-corrected chi connectivity index (χ3v) is 4.31. The largest absolute Gasteiger partial charge is 0.494 e. The molecular weight excluding hydrogens is 322 g/mol. The van der Waals surface area contributed by atoms with Crippen molar-refractivity contribution in [1.29, 1.82) is 0 Å². The van der Waals surface area contributed by atoms with Crippen molar-refractivity contribution in [3.05, 3.63) is 54.1 Å². The summed E-state index contributed by atoms with van der Waals surface area (Å²) in [6.07, 6.45) is 7.19. The van der Waals surface area contributed by atoms with Crippen LogP contribution in [0, 0.1) is 0 Å². The summed E-state index contributed by atoms with van der Waals surface area (Å²) in [5, 5.41) is 3.44. The van der Waals surface area contributed by atoms with E-state index in [9.17, 15) is 0 Å². The molecule has 0 aliphatic heterocycles. The molecule has 0 saturated heterocycles. The van der Waals surface area contributed by atoms with Gasteiger partial charge >= 0.3 is 0 Å². The van der Waals surface area contributed by atoms with Gasteiger partial charge in [-0.15, -0.1) is 0 Å². The van der Waals surface area contributed by atoms with Gasteiger partial charge in [-0.3, -0.25) is 0 Å². The van der Waals surface area contributed by atoms with E-state index in [2.05, 4.69) is 55.6 Å². The molecule has 0 aliphatic carbocycles. The van der Waals surface area contributed by atoms with Crippen molar-refractivity contribution in [2.45, 2.75) is 58.9 Å². The fourth-order valence-electron chi connectivity index (χ4n) is 2.63. The fourth-order valence-corrected chi connectivity index (χ4v) is 2.63. The van der Waals surface area contributed by atoms with Crippen LogP contribution in [0.15, 0.2) is 48.5 Å². The number of nitrogens with one attached hydrogen (secondary N) is 1. The second kappa shape index (κ2) is 12.2. The summed E-state index contributed by atoms with van der Waals surface area (Å²) in [7, 11) is 0. The number of ether oxygens (including phenoxy) is 2. The van der Waals surface area contributed by atoms with Crippen molar-refractivity contribution < 1.29 is 9.47 Å². The molecule has 3 heteroatoms. The summed E-state index contributed by atoms with van der Waals surface area (Å²) in [4.78, 5) is 0. The van der Waals surface area contributed by atoms with Crippen molar-refractivity contribution in [2.24, 2.45) is 0 Å². The molecule has 2 aromatic rings. The molecule has 0 aliphatic rings. The molecule has 0 bridgehead atoms. The highest BCUT2D eigenvalue weighted by atomic mass is 16.5. The highest BCUT2D eigenvalue weighted by Crippen LogP contribution is 2.18. The third-order valence-electron chi connectivity index (χ3n) is 4.31. The molecule has 2 rings (SSSR count). The van der Waals surface area contributed by atoms with E-state index in [1.165, 1.54) is 24.8 Å². The number of hydrogen-bond acceptors (Lipinski definition) is 3. The van der Waals surface area contributed by atoms with E-state index in [-0.39, 0.29) is 0 Å². The zero-order valence-corrected chi connectivity index (χ0v) is 16.3. The van der Waals surface area contributed by atoms with Crippen molar-refractivity contribution in [2.75, 3.05) is 18.5 Å². The summed E-state index contributed by atoms with van der Waals surface area (Å²) in [5.41, 5.74) is 2.34. The van der Waals surface area contributed by atoms with Crippen LogP contribution in [0.1, 0.15) is 57.9 Å². The minimum atomic E-state index is 0.788. The first-order valence-corrected chi connectivity index (χ1v) is 10.00. The zero-order chi connectivity index (χ0) is 18.5. The lowest BCUT2D eigenvalue weighted by molar-refractivity contribution is 0.305. The summed E-state index contributed by atoms with van der Waals surface area (Å²) in [6, 6.07) is 16.5.